The van der Waals surface area contributed by atoms with Crippen LogP contribution in [0.5, 0.6) is 11.5 Å². The monoisotopic (exact) mass is 626 g/mol. The van der Waals surface area contributed by atoms with Gasteiger partial charge in [0.05, 0.1) is 28.2 Å². The van der Waals surface area contributed by atoms with Crippen molar-refractivity contribution in [2.45, 2.75) is 67.1 Å². The Hall–Kier alpha value is -4.37. The van der Waals surface area contributed by atoms with Gasteiger partial charge in [-0.2, -0.15) is 0 Å². The van der Waals surface area contributed by atoms with E-state index in [-0.39, 0.29) is 22.9 Å². The third kappa shape index (κ3) is 4.13. The number of benzene rings is 2. The summed E-state index contributed by atoms with van der Waals surface area (Å²) in [4.78, 5) is 49.7. The zero-order valence-electron chi connectivity index (χ0n) is 23.8. The van der Waals surface area contributed by atoms with Gasteiger partial charge in [-0.05, 0) is 56.0 Å². The summed E-state index contributed by atoms with van der Waals surface area (Å²) in [6.07, 6.45) is -1.64. The first kappa shape index (κ1) is 30.6. The van der Waals surface area contributed by atoms with Crippen LogP contribution in [0.15, 0.2) is 43.0 Å². The predicted octanol–water partition coefficient (Wildman–Crippen LogP) is 0.414. The maximum Gasteiger partial charge on any atom is 0.335 e. The Kier molecular flexibility index (Phi) is 7.23. The first-order valence-corrected chi connectivity index (χ1v) is 14.4. The van der Waals surface area contributed by atoms with Crippen molar-refractivity contribution in [1.29, 1.82) is 0 Å². The molecular weight excluding hydrogens is 595 g/mol. The molecule has 2 fully saturated rings. The van der Waals surface area contributed by atoms with E-state index < -0.39 is 64.9 Å². The third-order valence-electron chi connectivity index (χ3n) is 9.94. The highest BCUT2D eigenvalue weighted by atomic mass is 19.1. The number of imide groups is 1. The number of nitrogens with zero attached hydrogens (tertiary/aromatic N) is 2. The van der Waals surface area contributed by atoms with Gasteiger partial charge in [-0.15, -0.1) is 6.58 Å². The molecule has 3 unspecified atom stereocenters. The quantitative estimate of drug-likeness (QED) is 0.191. The molecule has 1 spiro atoms. The lowest BCUT2D eigenvalue weighted by Crippen LogP contribution is -2.78. The molecule has 7 rings (SSSR count). The minimum Gasteiger partial charge on any atom is -0.504 e. The van der Waals surface area contributed by atoms with E-state index in [0.717, 1.165) is 16.0 Å². The lowest BCUT2D eigenvalue weighted by molar-refractivity contribution is -0.194. The molecular formula is C31H31FN2O11. The van der Waals surface area contributed by atoms with Gasteiger partial charge in [0.1, 0.15) is 11.9 Å². The first-order chi connectivity index (χ1) is 21.3. The number of hydrogen-bond acceptors (Lipinski definition) is 10. The molecule has 1 saturated heterocycles. The first-order valence-electron chi connectivity index (χ1n) is 14.4. The van der Waals surface area contributed by atoms with Gasteiger partial charge in [0, 0.05) is 18.2 Å². The molecule has 45 heavy (non-hydrogen) atoms. The highest BCUT2D eigenvalue weighted by Crippen LogP contribution is 2.66. The number of phenols is 1. The Bertz CT molecular complexity index is 1630. The molecule has 3 heterocycles. The lowest BCUT2D eigenvalue weighted by atomic mass is 9.48. The van der Waals surface area contributed by atoms with Gasteiger partial charge >= 0.3 is 11.9 Å². The van der Waals surface area contributed by atoms with E-state index in [9.17, 15) is 33.8 Å². The number of likely N-dealkylation sites (tertiary alicyclic amines) is 1. The number of aliphatic hydroxyl groups is 3. The van der Waals surface area contributed by atoms with Gasteiger partial charge in [-0.3, -0.25) is 19.4 Å². The van der Waals surface area contributed by atoms with Crippen LogP contribution in [0.1, 0.15) is 51.1 Å². The van der Waals surface area contributed by atoms with Crippen molar-refractivity contribution in [2.75, 3.05) is 13.1 Å². The number of ether oxygens (including phenoxy) is 1. The highest BCUT2D eigenvalue weighted by Gasteiger charge is 2.74. The molecule has 14 heteroatoms. The number of carbonyl (C=O) groups is 4. The molecule has 5 aliphatic rings. The van der Waals surface area contributed by atoms with Crippen LogP contribution in [0.4, 0.5) is 4.39 Å². The molecule has 2 aromatic carbocycles. The van der Waals surface area contributed by atoms with E-state index in [0.29, 0.717) is 44.5 Å². The summed E-state index contributed by atoms with van der Waals surface area (Å²) in [5.74, 6) is -5.16. The number of hydrogen-bond donors (Lipinski definition) is 6. The molecule has 3 aliphatic heterocycles. The zero-order chi connectivity index (χ0) is 32.6. The summed E-state index contributed by atoms with van der Waals surface area (Å²) < 4.78 is 21.0. The average molecular weight is 627 g/mol. The van der Waals surface area contributed by atoms with Gasteiger partial charge < -0.3 is 35.4 Å². The molecule has 2 aliphatic carbocycles. The molecule has 238 valence electrons. The fourth-order valence-corrected chi connectivity index (χ4v) is 8.09. The highest BCUT2D eigenvalue weighted by molar-refractivity contribution is 6.21. The number of carbonyl (C=O) groups excluding carboxylic acids is 2. The molecule has 1 saturated carbocycles. The summed E-state index contributed by atoms with van der Waals surface area (Å²) in [5.41, 5.74) is -0.434. The number of aromatic hydroxyl groups is 1. The van der Waals surface area contributed by atoms with Crippen molar-refractivity contribution in [1.82, 2.24) is 9.80 Å². The van der Waals surface area contributed by atoms with Crippen molar-refractivity contribution >= 4 is 23.8 Å². The molecule has 0 aromatic heterocycles. The Morgan fingerprint density at radius 1 is 1.09 bits per heavy atom. The van der Waals surface area contributed by atoms with Crippen LogP contribution >= 0.6 is 0 Å². The second-order valence-electron chi connectivity index (χ2n) is 12.0. The maximum atomic E-state index is 14.6. The SMILES string of the molecule is C=CCN1CC[C@]23c4c5ccc(O)c4O[C@H]2[C@H](N2C(=O)c4cccc(F)c4C2=O)CCC3(O)[C@H]1C5.O=C(O)C(O)C(O)C(=O)O. The summed E-state index contributed by atoms with van der Waals surface area (Å²) in [5, 5.41) is 55.7. The minimum atomic E-state index is -2.27. The number of halogens is 1. The Labute approximate surface area is 255 Å². The number of fused-ring (bicyclic) bond motifs is 1. The van der Waals surface area contributed by atoms with Crippen molar-refractivity contribution in [3.63, 3.8) is 0 Å². The van der Waals surface area contributed by atoms with Gasteiger partial charge in [-0.1, -0.05) is 18.2 Å². The van der Waals surface area contributed by atoms with Crippen LogP contribution in [-0.2, 0) is 21.4 Å². The standard InChI is InChI=1S/C27H25FN2O5.C4H6O6/c1-2-11-29-12-10-26-21-14-6-7-18(31)22(21)35-23(26)17(8-9-27(26,34)19(29)13-14)30-24(32)15-4-3-5-16(28)20(15)25(30)33;5-1(3(7)8)2(6)4(9)10/h2-7,17,19,23,31,34H,1,8-13H2;1-2,5-6H,(H,7,8)(H,9,10)/t17-,19-,23+,26+,27?;/m1./s1. The van der Waals surface area contributed by atoms with Crippen LogP contribution in [0.3, 0.4) is 0 Å². The maximum absolute atomic E-state index is 14.6. The average Bonchev–Trinajstić information content (AvgIpc) is 3.48. The zero-order valence-corrected chi connectivity index (χ0v) is 23.8. The van der Waals surface area contributed by atoms with Gasteiger partial charge in [0.25, 0.3) is 11.8 Å². The Morgan fingerprint density at radius 3 is 2.40 bits per heavy atom. The normalized spacial score (nSPS) is 30.3. The number of carboxylic acids is 2. The van der Waals surface area contributed by atoms with Crippen LogP contribution in [0.2, 0.25) is 0 Å². The van der Waals surface area contributed by atoms with Gasteiger partial charge in [0.15, 0.2) is 23.7 Å². The largest absolute Gasteiger partial charge is 0.504 e. The number of aliphatic carboxylic acids is 2. The smallest absolute Gasteiger partial charge is 0.335 e. The van der Waals surface area contributed by atoms with Crippen molar-refractivity contribution in [3.05, 3.63) is 71.1 Å². The second-order valence-corrected chi connectivity index (χ2v) is 12.0. The van der Waals surface area contributed by atoms with Gasteiger partial charge in [-0.25, -0.2) is 14.0 Å². The van der Waals surface area contributed by atoms with E-state index in [1.807, 2.05) is 12.1 Å². The van der Waals surface area contributed by atoms with Crippen LogP contribution in [0, 0.1) is 5.82 Å². The lowest BCUT2D eigenvalue weighted by Gasteiger charge is -2.64. The van der Waals surface area contributed by atoms with E-state index in [2.05, 4.69) is 11.5 Å². The Morgan fingerprint density at radius 2 is 1.78 bits per heavy atom. The number of piperidine rings is 1. The van der Waals surface area contributed by atoms with Crippen molar-refractivity contribution < 1.29 is 58.9 Å². The fraction of sp³-hybridized carbons (Fsp3) is 0.419. The molecule has 2 amide bonds. The van der Waals surface area contributed by atoms with Crippen LogP contribution in [-0.4, -0.2) is 113 Å². The molecule has 2 aromatic rings. The number of rotatable bonds is 6. The van der Waals surface area contributed by atoms with Crippen molar-refractivity contribution in [2.24, 2.45) is 0 Å². The number of amides is 2. The number of phenolic OH excluding ortho intramolecular Hbond substituents is 1. The summed E-state index contributed by atoms with van der Waals surface area (Å²) in [6, 6.07) is 6.66. The van der Waals surface area contributed by atoms with Gasteiger partial charge in [0.2, 0.25) is 0 Å². The Balaban J connectivity index is 0.000000311. The molecule has 13 nitrogen and oxygen atoms in total. The van der Waals surface area contributed by atoms with E-state index in [1.165, 1.54) is 18.2 Å². The van der Waals surface area contributed by atoms with E-state index in [1.54, 1.807) is 6.07 Å². The number of carboxylic acid groups (broad SMARTS) is 2. The molecule has 0 radical (unpaired) electrons. The van der Waals surface area contributed by atoms with Crippen LogP contribution < -0.4 is 4.74 Å². The molecule has 2 bridgehead atoms. The van der Waals surface area contributed by atoms with Crippen molar-refractivity contribution in [3.8, 4) is 11.5 Å². The molecule has 7 atom stereocenters. The predicted molar refractivity (Wildman–Crippen MR) is 150 cm³/mol. The van der Waals surface area contributed by atoms with E-state index in [4.69, 9.17) is 25.2 Å². The van der Waals surface area contributed by atoms with Crippen LogP contribution in [0.25, 0.3) is 0 Å². The summed E-state index contributed by atoms with van der Waals surface area (Å²) in [7, 11) is 0. The third-order valence-corrected chi connectivity index (χ3v) is 9.94. The minimum absolute atomic E-state index is 0.0194. The summed E-state index contributed by atoms with van der Waals surface area (Å²) in [6.45, 7) is 5.19. The molecule has 6 N–H and O–H groups in total. The van der Waals surface area contributed by atoms with E-state index >= 15 is 0 Å². The summed E-state index contributed by atoms with van der Waals surface area (Å²) >= 11 is 0. The fourth-order valence-electron chi connectivity index (χ4n) is 8.09. The second kappa shape index (κ2) is 10.6. The topological polar surface area (TPSA) is 205 Å². The number of aliphatic hydroxyl groups excluding tert-OH is 2.